The number of piperidine rings is 1. The minimum atomic E-state index is -2.70. The van der Waals surface area contributed by atoms with Gasteiger partial charge in [0.25, 0.3) is 17.4 Å². The van der Waals surface area contributed by atoms with E-state index in [4.69, 9.17) is 0 Å². The second-order valence-corrected chi connectivity index (χ2v) is 9.63. The second kappa shape index (κ2) is 7.02. The van der Waals surface area contributed by atoms with E-state index in [-0.39, 0.29) is 29.9 Å². The molecule has 2 aromatic rings. The van der Waals surface area contributed by atoms with Crippen molar-refractivity contribution >= 4 is 17.2 Å². The lowest BCUT2D eigenvalue weighted by Gasteiger charge is -2.42. The van der Waals surface area contributed by atoms with Crippen molar-refractivity contribution in [3.63, 3.8) is 0 Å². The molecule has 5 nitrogen and oxygen atoms in total. The molecule has 3 aliphatic rings. The predicted octanol–water partition coefficient (Wildman–Crippen LogP) is 3.06. The Balaban J connectivity index is 1.33. The maximum Gasteiger partial charge on any atom is 0.263 e. The lowest BCUT2D eigenvalue weighted by Crippen LogP contribution is -2.52. The number of aromatic nitrogens is 1. The molecular formula is C21H23F2N3O2S. The van der Waals surface area contributed by atoms with Crippen LogP contribution in [0.1, 0.15) is 46.1 Å². The Labute approximate surface area is 171 Å². The van der Waals surface area contributed by atoms with Gasteiger partial charge in [0.05, 0.1) is 0 Å². The minimum Gasteiger partial charge on any atom is -0.349 e. The molecule has 29 heavy (non-hydrogen) atoms. The van der Waals surface area contributed by atoms with Gasteiger partial charge in [-0.1, -0.05) is 6.07 Å². The number of alkyl halides is 2. The first-order chi connectivity index (χ1) is 13.9. The zero-order chi connectivity index (χ0) is 20.2. The monoisotopic (exact) mass is 419 g/mol. The topological polar surface area (TPSA) is 54.3 Å². The van der Waals surface area contributed by atoms with Crippen LogP contribution in [0.4, 0.5) is 8.78 Å². The molecular weight excluding hydrogens is 396 g/mol. The maximum atomic E-state index is 13.0. The number of hydrogen-bond acceptors (Lipinski definition) is 4. The lowest BCUT2D eigenvalue weighted by atomic mass is 9.83. The van der Waals surface area contributed by atoms with Crippen molar-refractivity contribution in [1.29, 1.82) is 0 Å². The second-order valence-electron chi connectivity index (χ2n) is 8.59. The Kier molecular flexibility index (Phi) is 4.58. The summed E-state index contributed by atoms with van der Waals surface area (Å²) in [7, 11) is 0. The molecule has 2 atom stereocenters. The highest BCUT2D eigenvalue weighted by Gasteiger charge is 2.46. The van der Waals surface area contributed by atoms with Crippen molar-refractivity contribution < 1.29 is 13.6 Å². The molecule has 0 radical (unpaired) electrons. The number of pyridine rings is 1. The number of carbonyl (C=O) groups excluding carboxylic acids is 1. The molecule has 1 saturated carbocycles. The molecule has 2 fully saturated rings. The number of fused-ring (bicyclic) bond motifs is 4. The zero-order valence-electron chi connectivity index (χ0n) is 15.9. The first-order valence-corrected chi connectivity index (χ1v) is 10.9. The molecule has 2 bridgehead atoms. The van der Waals surface area contributed by atoms with Crippen LogP contribution in [0.25, 0.3) is 0 Å². The zero-order valence-corrected chi connectivity index (χ0v) is 16.8. The molecule has 0 unspecified atom stereocenters. The Hall–Kier alpha value is -2.06. The average Bonchev–Trinajstić information content (AvgIpc) is 3.14. The molecule has 0 spiro atoms. The number of thiophene rings is 1. The van der Waals surface area contributed by atoms with E-state index in [1.54, 1.807) is 22.0 Å². The van der Waals surface area contributed by atoms with E-state index in [1.165, 1.54) is 4.88 Å². The number of nitrogens with one attached hydrogen (secondary N) is 1. The van der Waals surface area contributed by atoms with Gasteiger partial charge in [0.15, 0.2) is 0 Å². The summed E-state index contributed by atoms with van der Waals surface area (Å²) in [4.78, 5) is 29.2. The van der Waals surface area contributed by atoms with Gasteiger partial charge in [-0.05, 0) is 35.9 Å². The third kappa shape index (κ3) is 3.64. The van der Waals surface area contributed by atoms with Gasteiger partial charge in [0, 0.05) is 61.6 Å². The average molecular weight is 419 g/mol. The van der Waals surface area contributed by atoms with Gasteiger partial charge in [-0.3, -0.25) is 14.5 Å². The fraction of sp³-hybridized carbons (Fsp3) is 0.524. The molecule has 4 heterocycles. The number of hydrogen-bond donors (Lipinski definition) is 1. The molecule has 2 aromatic heterocycles. The van der Waals surface area contributed by atoms with E-state index in [9.17, 15) is 18.4 Å². The summed E-state index contributed by atoms with van der Waals surface area (Å²) in [5.41, 5.74) is 0.737. The van der Waals surface area contributed by atoms with Gasteiger partial charge >= 0.3 is 0 Å². The molecule has 154 valence electrons. The van der Waals surface area contributed by atoms with Gasteiger partial charge in [-0.25, -0.2) is 8.78 Å². The van der Waals surface area contributed by atoms with Crippen LogP contribution >= 0.6 is 11.3 Å². The summed E-state index contributed by atoms with van der Waals surface area (Å²) in [6, 6.07) is 7.11. The van der Waals surface area contributed by atoms with Gasteiger partial charge in [-0.15, -0.1) is 11.3 Å². The number of likely N-dealkylation sites (tertiary alicyclic amines) is 1. The van der Waals surface area contributed by atoms with E-state index in [0.717, 1.165) is 31.7 Å². The lowest BCUT2D eigenvalue weighted by molar-refractivity contribution is -0.0901. The van der Waals surface area contributed by atoms with Gasteiger partial charge < -0.3 is 9.88 Å². The quantitative estimate of drug-likeness (QED) is 0.829. The van der Waals surface area contributed by atoms with Crippen molar-refractivity contribution in [2.24, 2.45) is 5.92 Å². The first kappa shape index (κ1) is 18.9. The van der Waals surface area contributed by atoms with Crippen molar-refractivity contribution in [1.82, 2.24) is 14.8 Å². The Morgan fingerprint density at radius 1 is 1.21 bits per heavy atom. The number of carbonyl (C=O) groups is 1. The molecule has 1 amide bonds. The fourth-order valence-electron chi connectivity index (χ4n) is 5.00. The summed E-state index contributed by atoms with van der Waals surface area (Å²) >= 11 is 1.76. The van der Waals surface area contributed by atoms with Gasteiger partial charge in [-0.2, -0.15) is 0 Å². The smallest absolute Gasteiger partial charge is 0.263 e. The third-order valence-electron chi connectivity index (χ3n) is 6.31. The minimum absolute atomic E-state index is 0.0550. The Morgan fingerprint density at radius 2 is 2.03 bits per heavy atom. The van der Waals surface area contributed by atoms with Gasteiger partial charge in [0.2, 0.25) is 0 Å². The van der Waals surface area contributed by atoms with Gasteiger partial charge in [0.1, 0.15) is 5.56 Å². The van der Waals surface area contributed by atoms with Crippen LogP contribution in [-0.4, -0.2) is 40.4 Å². The highest BCUT2D eigenvalue weighted by atomic mass is 32.1. The summed E-state index contributed by atoms with van der Waals surface area (Å²) in [6.45, 7) is 3.38. The Bertz CT molecular complexity index is 980. The van der Waals surface area contributed by atoms with E-state index < -0.39 is 17.9 Å². The number of halogens is 2. The van der Waals surface area contributed by atoms with Crippen molar-refractivity contribution in [2.45, 2.75) is 50.2 Å². The van der Waals surface area contributed by atoms with Crippen molar-refractivity contribution in [3.8, 4) is 0 Å². The van der Waals surface area contributed by atoms with Crippen LogP contribution in [0.2, 0.25) is 0 Å². The van der Waals surface area contributed by atoms with E-state index >= 15 is 0 Å². The fourth-order valence-corrected chi connectivity index (χ4v) is 5.74. The SMILES string of the molecule is O=C(NC1CC(F)(F)C1)c1ccc2n(c1=O)C[C@H]1C[C@@H]2CN(Cc2cccs2)C1. The third-order valence-corrected chi connectivity index (χ3v) is 7.17. The number of nitrogens with zero attached hydrogens (tertiary/aromatic N) is 2. The van der Waals surface area contributed by atoms with Crippen molar-refractivity contribution in [3.05, 3.63) is 56.1 Å². The van der Waals surface area contributed by atoms with Crippen LogP contribution in [0.15, 0.2) is 34.4 Å². The van der Waals surface area contributed by atoms with Crippen LogP contribution in [0, 0.1) is 5.92 Å². The van der Waals surface area contributed by atoms with Crippen LogP contribution < -0.4 is 10.9 Å². The van der Waals surface area contributed by atoms with E-state index in [0.29, 0.717) is 12.5 Å². The molecule has 1 saturated heterocycles. The van der Waals surface area contributed by atoms with Crippen LogP contribution in [-0.2, 0) is 13.1 Å². The Morgan fingerprint density at radius 3 is 2.76 bits per heavy atom. The highest BCUT2D eigenvalue weighted by molar-refractivity contribution is 7.09. The van der Waals surface area contributed by atoms with Crippen LogP contribution in [0.3, 0.4) is 0 Å². The molecule has 1 N–H and O–H groups in total. The molecule has 2 aliphatic heterocycles. The standard InChI is InChI=1S/C21H23F2N3O2S/c22-21(23)7-15(8-21)24-19(27)17-3-4-18-14-6-13(10-26(18)20(17)28)9-25(11-14)12-16-2-1-5-29-16/h1-5,13-15H,6-12H2,(H,24,27)/t13-,14+/m0/s1. The van der Waals surface area contributed by atoms with E-state index in [1.807, 2.05) is 6.07 Å². The molecule has 0 aromatic carbocycles. The summed E-state index contributed by atoms with van der Waals surface area (Å²) in [6.07, 6.45) is 0.355. The largest absolute Gasteiger partial charge is 0.349 e. The maximum absolute atomic E-state index is 13.0. The summed E-state index contributed by atoms with van der Waals surface area (Å²) in [5, 5.41) is 4.67. The van der Waals surface area contributed by atoms with Crippen LogP contribution in [0.5, 0.6) is 0 Å². The highest BCUT2D eigenvalue weighted by Crippen LogP contribution is 2.38. The summed E-state index contributed by atoms with van der Waals surface area (Å²) in [5.74, 6) is -2.59. The number of rotatable bonds is 4. The number of amides is 1. The normalized spacial score (nSPS) is 25.9. The predicted molar refractivity (Wildman–Crippen MR) is 107 cm³/mol. The molecule has 1 aliphatic carbocycles. The van der Waals surface area contributed by atoms with E-state index in [2.05, 4.69) is 27.7 Å². The molecule has 8 heteroatoms. The summed E-state index contributed by atoms with van der Waals surface area (Å²) < 4.78 is 27.8. The molecule has 5 rings (SSSR count). The van der Waals surface area contributed by atoms with Crippen molar-refractivity contribution in [2.75, 3.05) is 13.1 Å². The first-order valence-electron chi connectivity index (χ1n) is 10.0.